The Hall–Kier alpha value is -1.45. The number of halogens is 2. The minimum absolute atomic E-state index is 0.334. The van der Waals surface area contributed by atoms with Gasteiger partial charge in [0.1, 0.15) is 5.82 Å². The summed E-state index contributed by atoms with van der Waals surface area (Å²) in [5, 5.41) is 3.73. The van der Waals surface area contributed by atoms with Gasteiger partial charge in [0.25, 0.3) is 0 Å². The van der Waals surface area contributed by atoms with Crippen LogP contribution >= 0.6 is 11.6 Å². The summed E-state index contributed by atoms with van der Waals surface area (Å²) < 4.78 is 13.0. The van der Waals surface area contributed by atoms with E-state index in [-0.39, 0.29) is 5.82 Å². The average molecular weight is 279 g/mol. The molecule has 0 amide bonds. The van der Waals surface area contributed by atoms with Gasteiger partial charge in [0.2, 0.25) is 0 Å². The fraction of sp³-hybridized carbons (Fsp3) is 0.267. The highest BCUT2D eigenvalue weighted by Crippen LogP contribution is 2.28. The third-order valence-corrected chi connectivity index (χ3v) is 3.06. The molecule has 100 valence electrons. The Balaban J connectivity index is 2.27. The van der Waals surface area contributed by atoms with Crippen molar-refractivity contribution in [1.29, 1.82) is 0 Å². The number of benzene rings is 1. The second kappa shape index (κ2) is 6.13. The first-order valence-corrected chi connectivity index (χ1v) is 6.57. The normalized spacial score (nSPS) is 11.0. The van der Waals surface area contributed by atoms with Crippen molar-refractivity contribution in [3.05, 3.63) is 53.1 Å². The zero-order valence-electron chi connectivity index (χ0n) is 11.0. The first-order chi connectivity index (χ1) is 9.06. The topological polar surface area (TPSA) is 24.9 Å². The molecule has 0 aliphatic rings. The molecule has 4 heteroatoms. The molecule has 0 saturated carbocycles. The van der Waals surface area contributed by atoms with Gasteiger partial charge in [-0.25, -0.2) is 4.39 Å². The number of rotatable bonds is 4. The van der Waals surface area contributed by atoms with E-state index in [9.17, 15) is 4.39 Å². The maximum atomic E-state index is 13.0. The van der Waals surface area contributed by atoms with Crippen LogP contribution in [0.25, 0.3) is 11.1 Å². The summed E-state index contributed by atoms with van der Waals surface area (Å²) >= 11 is 6.06. The van der Waals surface area contributed by atoms with Crippen LogP contribution in [0.3, 0.4) is 0 Å². The number of hydrogen-bond donors (Lipinski definition) is 1. The molecular formula is C15H16ClFN2. The Bertz CT molecular complexity index is 570. The highest BCUT2D eigenvalue weighted by atomic mass is 35.5. The van der Waals surface area contributed by atoms with Gasteiger partial charge >= 0.3 is 0 Å². The predicted octanol–water partition coefficient (Wildman–Crippen LogP) is 4.04. The molecule has 0 fully saturated rings. The second-order valence-corrected chi connectivity index (χ2v) is 5.15. The maximum absolute atomic E-state index is 13.0. The lowest BCUT2D eigenvalue weighted by Gasteiger charge is -2.10. The SMILES string of the molecule is CC(C)NCc1cncc(-c2ccc(F)cc2Cl)c1. The van der Waals surface area contributed by atoms with Gasteiger partial charge in [0.15, 0.2) is 0 Å². The highest BCUT2D eigenvalue weighted by molar-refractivity contribution is 6.33. The van der Waals surface area contributed by atoms with Crippen LogP contribution in [-0.4, -0.2) is 11.0 Å². The van der Waals surface area contributed by atoms with Gasteiger partial charge in [-0.3, -0.25) is 4.98 Å². The molecule has 0 spiro atoms. The minimum Gasteiger partial charge on any atom is -0.310 e. The largest absolute Gasteiger partial charge is 0.310 e. The predicted molar refractivity (Wildman–Crippen MR) is 76.6 cm³/mol. The smallest absolute Gasteiger partial charge is 0.124 e. The first-order valence-electron chi connectivity index (χ1n) is 6.19. The molecule has 2 rings (SSSR count). The summed E-state index contributed by atoms with van der Waals surface area (Å²) in [5.74, 6) is -0.334. The third-order valence-electron chi connectivity index (χ3n) is 2.75. The van der Waals surface area contributed by atoms with Crippen molar-refractivity contribution < 1.29 is 4.39 Å². The molecule has 0 saturated heterocycles. The average Bonchev–Trinajstić information content (AvgIpc) is 2.36. The van der Waals surface area contributed by atoms with E-state index < -0.39 is 0 Å². The standard InChI is InChI=1S/C15H16ClFN2/c1-10(2)19-8-11-5-12(9-18-7-11)14-4-3-13(17)6-15(14)16/h3-7,9-10,19H,8H2,1-2H3. The lowest BCUT2D eigenvalue weighted by atomic mass is 10.1. The Kier molecular flexibility index (Phi) is 4.51. The molecule has 0 atom stereocenters. The van der Waals surface area contributed by atoms with Crippen LogP contribution in [0, 0.1) is 5.82 Å². The Morgan fingerprint density at radius 1 is 1.26 bits per heavy atom. The van der Waals surface area contributed by atoms with Gasteiger partial charge in [-0.1, -0.05) is 25.4 Å². The number of nitrogens with zero attached hydrogens (tertiary/aromatic N) is 1. The van der Waals surface area contributed by atoms with Crippen LogP contribution in [-0.2, 0) is 6.54 Å². The summed E-state index contributed by atoms with van der Waals surface area (Å²) in [6.07, 6.45) is 3.55. The quantitative estimate of drug-likeness (QED) is 0.913. The van der Waals surface area contributed by atoms with E-state index in [0.29, 0.717) is 11.1 Å². The lowest BCUT2D eigenvalue weighted by Crippen LogP contribution is -2.21. The van der Waals surface area contributed by atoms with E-state index >= 15 is 0 Å². The van der Waals surface area contributed by atoms with E-state index in [4.69, 9.17) is 11.6 Å². The fourth-order valence-corrected chi connectivity index (χ4v) is 2.05. The van der Waals surface area contributed by atoms with Gasteiger partial charge in [-0.2, -0.15) is 0 Å². The fourth-order valence-electron chi connectivity index (χ4n) is 1.78. The monoisotopic (exact) mass is 278 g/mol. The number of nitrogens with one attached hydrogen (secondary N) is 1. The van der Waals surface area contributed by atoms with Crippen LogP contribution < -0.4 is 5.32 Å². The van der Waals surface area contributed by atoms with Gasteiger partial charge in [-0.05, 0) is 29.8 Å². The van der Waals surface area contributed by atoms with Crippen LogP contribution in [0.4, 0.5) is 4.39 Å². The molecule has 0 aliphatic heterocycles. The van der Waals surface area contributed by atoms with E-state index in [0.717, 1.165) is 23.2 Å². The van der Waals surface area contributed by atoms with Crippen molar-refractivity contribution in [3.63, 3.8) is 0 Å². The molecule has 2 nitrogen and oxygen atoms in total. The van der Waals surface area contributed by atoms with Crippen molar-refractivity contribution in [1.82, 2.24) is 10.3 Å². The van der Waals surface area contributed by atoms with Crippen LogP contribution in [0.5, 0.6) is 0 Å². The molecule has 2 aromatic rings. The molecule has 0 unspecified atom stereocenters. The van der Waals surface area contributed by atoms with Gasteiger partial charge in [-0.15, -0.1) is 0 Å². The van der Waals surface area contributed by atoms with Gasteiger partial charge < -0.3 is 5.32 Å². The summed E-state index contributed by atoms with van der Waals surface area (Å²) in [6, 6.07) is 6.82. The Morgan fingerprint density at radius 2 is 2.05 bits per heavy atom. The van der Waals surface area contributed by atoms with Crippen LogP contribution in [0.15, 0.2) is 36.7 Å². The Labute approximate surface area is 117 Å². The highest BCUT2D eigenvalue weighted by Gasteiger charge is 2.06. The summed E-state index contributed by atoms with van der Waals surface area (Å²) in [4.78, 5) is 4.21. The van der Waals surface area contributed by atoms with Crippen molar-refractivity contribution in [2.24, 2.45) is 0 Å². The summed E-state index contributed by atoms with van der Waals surface area (Å²) in [6.45, 7) is 4.93. The maximum Gasteiger partial charge on any atom is 0.124 e. The van der Waals surface area contributed by atoms with Crippen molar-refractivity contribution >= 4 is 11.6 Å². The molecule has 19 heavy (non-hydrogen) atoms. The molecule has 1 N–H and O–H groups in total. The zero-order chi connectivity index (χ0) is 13.8. The molecule has 0 bridgehead atoms. The molecule has 1 heterocycles. The molecule has 0 radical (unpaired) electrons. The van der Waals surface area contributed by atoms with Crippen molar-refractivity contribution in [3.8, 4) is 11.1 Å². The van der Waals surface area contributed by atoms with E-state index in [2.05, 4.69) is 24.1 Å². The van der Waals surface area contributed by atoms with E-state index in [1.165, 1.54) is 12.1 Å². The van der Waals surface area contributed by atoms with E-state index in [1.54, 1.807) is 12.3 Å². The molecule has 1 aromatic heterocycles. The summed E-state index contributed by atoms with van der Waals surface area (Å²) in [7, 11) is 0. The van der Waals surface area contributed by atoms with Gasteiger partial charge in [0, 0.05) is 36.1 Å². The second-order valence-electron chi connectivity index (χ2n) is 4.74. The third kappa shape index (κ3) is 3.75. The number of aromatic nitrogens is 1. The van der Waals surface area contributed by atoms with Gasteiger partial charge in [0.05, 0.1) is 5.02 Å². The Morgan fingerprint density at radius 3 is 2.74 bits per heavy atom. The summed E-state index contributed by atoms with van der Waals surface area (Å²) in [5.41, 5.74) is 2.77. The number of pyridine rings is 1. The molecular weight excluding hydrogens is 263 g/mol. The number of hydrogen-bond acceptors (Lipinski definition) is 2. The minimum atomic E-state index is -0.334. The van der Waals surface area contributed by atoms with Crippen LogP contribution in [0.1, 0.15) is 19.4 Å². The van der Waals surface area contributed by atoms with Crippen molar-refractivity contribution in [2.75, 3.05) is 0 Å². The zero-order valence-corrected chi connectivity index (χ0v) is 11.7. The van der Waals surface area contributed by atoms with Crippen LogP contribution in [0.2, 0.25) is 5.02 Å². The molecule has 0 aliphatic carbocycles. The van der Waals surface area contributed by atoms with Crippen molar-refractivity contribution in [2.45, 2.75) is 26.4 Å². The first kappa shape index (κ1) is 14.0. The molecule has 1 aromatic carbocycles. The lowest BCUT2D eigenvalue weighted by molar-refractivity contribution is 0.588. The van der Waals surface area contributed by atoms with E-state index in [1.807, 2.05) is 12.3 Å².